The average molecular weight is 306 g/mol. The number of hydrogen-bond acceptors (Lipinski definition) is 3. The van der Waals surface area contributed by atoms with Gasteiger partial charge in [0.15, 0.2) is 0 Å². The highest BCUT2D eigenvalue weighted by atomic mass is 16.5. The van der Waals surface area contributed by atoms with E-state index in [2.05, 4.69) is 39.1 Å². The fraction of sp³-hybridized carbons (Fsp3) is 0.611. The van der Waals surface area contributed by atoms with E-state index < -0.39 is 0 Å². The van der Waals surface area contributed by atoms with E-state index in [0.717, 1.165) is 18.6 Å². The summed E-state index contributed by atoms with van der Waals surface area (Å²) in [7, 11) is 0. The van der Waals surface area contributed by atoms with Crippen LogP contribution in [0.5, 0.6) is 5.75 Å². The van der Waals surface area contributed by atoms with Gasteiger partial charge in [0.25, 0.3) is 0 Å². The standard InChI is InChI=1S/C18H30N2O2/c1-5-18(6-2,13-19)20-17(21)8-7-11-22-16-10-9-14(3)15(4)12-16/h9-10,12H,5-8,11,13,19H2,1-4H3,(H,20,21). The zero-order valence-electron chi connectivity index (χ0n) is 14.4. The summed E-state index contributed by atoms with van der Waals surface area (Å²) in [5, 5.41) is 3.08. The Bertz CT molecular complexity index is 474. The molecule has 0 unspecified atom stereocenters. The summed E-state index contributed by atoms with van der Waals surface area (Å²) in [6, 6.07) is 6.05. The lowest BCUT2D eigenvalue weighted by atomic mass is 9.92. The van der Waals surface area contributed by atoms with Gasteiger partial charge < -0.3 is 15.8 Å². The molecule has 0 radical (unpaired) electrons. The van der Waals surface area contributed by atoms with Crippen LogP contribution in [0.4, 0.5) is 0 Å². The highest BCUT2D eigenvalue weighted by Crippen LogP contribution is 2.17. The Morgan fingerprint density at radius 2 is 1.91 bits per heavy atom. The zero-order chi connectivity index (χ0) is 16.6. The van der Waals surface area contributed by atoms with Crippen molar-refractivity contribution < 1.29 is 9.53 Å². The van der Waals surface area contributed by atoms with E-state index in [1.54, 1.807) is 0 Å². The number of benzene rings is 1. The molecule has 0 aliphatic heterocycles. The number of rotatable bonds is 9. The minimum absolute atomic E-state index is 0.0536. The van der Waals surface area contributed by atoms with Gasteiger partial charge in [0.1, 0.15) is 5.75 Å². The van der Waals surface area contributed by atoms with Gasteiger partial charge in [0, 0.05) is 13.0 Å². The third-order valence-electron chi connectivity index (χ3n) is 4.44. The zero-order valence-corrected chi connectivity index (χ0v) is 14.4. The third kappa shape index (κ3) is 5.34. The summed E-state index contributed by atoms with van der Waals surface area (Å²) >= 11 is 0. The molecular weight excluding hydrogens is 276 g/mol. The summed E-state index contributed by atoms with van der Waals surface area (Å²) in [6.45, 7) is 9.28. The monoisotopic (exact) mass is 306 g/mol. The van der Waals surface area contributed by atoms with E-state index in [1.807, 2.05) is 12.1 Å². The van der Waals surface area contributed by atoms with Gasteiger partial charge in [-0.1, -0.05) is 19.9 Å². The van der Waals surface area contributed by atoms with Crippen LogP contribution in [-0.4, -0.2) is 24.6 Å². The quantitative estimate of drug-likeness (QED) is 0.689. The Hall–Kier alpha value is -1.55. The van der Waals surface area contributed by atoms with Crippen LogP contribution in [0.25, 0.3) is 0 Å². The molecule has 0 spiro atoms. The predicted molar refractivity (Wildman–Crippen MR) is 91.2 cm³/mol. The fourth-order valence-corrected chi connectivity index (χ4v) is 2.35. The van der Waals surface area contributed by atoms with Crippen molar-refractivity contribution in [2.24, 2.45) is 5.73 Å². The lowest BCUT2D eigenvalue weighted by molar-refractivity contribution is -0.123. The maximum Gasteiger partial charge on any atom is 0.220 e. The SMILES string of the molecule is CCC(CC)(CN)NC(=O)CCCOc1ccc(C)c(C)c1. The Morgan fingerprint density at radius 3 is 2.45 bits per heavy atom. The van der Waals surface area contributed by atoms with Crippen LogP contribution >= 0.6 is 0 Å². The minimum atomic E-state index is -0.258. The number of hydrogen-bond donors (Lipinski definition) is 2. The summed E-state index contributed by atoms with van der Waals surface area (Å²) in [5.74, 6) is 0.916. The highest BCUT2D eigenvalue weighted by Gasteiger charge is 2.25. The predicted octanol–water partition coefficient (Wildman–Crippen LogP) is 3.10. The average Bonchev–Trinajstić information content (AvgIpc) is 2.52. The highest BCUT2D eigenvalue weighted by molar-refractivity contribution is 5.76. The molecule has 4 heteroatoms. The van der Waals surface area contributed by atoms with Crippen LogP contribution in [0.15, 0.2) is 18.2 Å². The minimum Gasteiger partial charge on any atom is -0.494 e. The van der Waals surface area contributed by atoms with E-state index in [-0.39, 0.29) is 11.4 Å². The second-order valence-corrected chi connectivity index (χ2v) is 5.94. The van der Waals surface area contributed by atoms with Crippen LogP contribution in [0.3, 0.4) is 0 Å². The lowest BCUT2D eigenvalue weighted by Gasteiger charge is -2.31. The number of carbonyl (C=O) groups excluding carboxylic acids is 1. The molecular formula is C18H30N2O2. The first-order valence-corrected chi connectivity index (χ1v) is 8.17. The Balaban J connectivity index is 2.34. The van der Waals surface area contributed by atoms with Crippen molar-refractivity contribution in [2.45, 2.75) is 58.9 Å². The Morgan fingerprint density at radius 1 is 1.23 bits per heavy atom. The number of nitrogens with two attached hydrogens (primary N) is 1. The molecule has 0 aliphatic rings. The van der Waals surface area contributed by atoms with Gasteiger partial charge in [-0.25, -0.2) is 0 Å². The van der Waals surface area contributed by atoms with Crippen molar-refractivity contribution in [3.8, 4) is 5.75 Å². The van der Waals surface area contributed by atoms with Crippen LogP contribution < -0.4 is 15.8 Å². The molecule has 22 heavy (non-hydrogen) atoms. The molecule has 0 aliphatic carbocycles. The second-order valence-electron chi connectivity index (χ2n) is 5.94. The summed E-state index contributed by atoms with van der Waals surface area (Å²) in [4.78, 5) is 12.0. The van der Waals surface area contributed by atoms with E-state index in [1.165, 1.54) is 11.1 Å². The lowest BCUT2D eigenvalue weighted by Crippen LogP contribution is -2.52. The maximum atomic E-state index is 12.0. The van der Waals surface area contributed by atoms with Gasteiger partial charge in [-0.15, -0.1) is 0 Å². The van der Waals surface area contributed by atoms with Gasteiger partial charge in [-0.05, 0) is 56.4 Å². The number of amides is 1. The normalized spacial score (nSPS) is 11.3. The molecule has 0 saturated carbocycles. The molecule has 0 fully saturated rings. The molecule has 0 atom stereocenters. The molecule has 1 amide bonds. The van der Waals surface area contributed by atoms with Gasteiger partial charge in [-0.2, -0.15) is 0 Å². The van der Waals surface area contributed by atoms with Crippen molar-refractivity contribution in [2.75, 3.05) is 13.2 Å². The van der Waals surface area contributed by atoms with Crippen LogP contribution in [0.2, 0.25) is 0 Å². The molecule has 1 aromatic carbocycles. The molecule has 0 aromatic heterocycles. The van der Waals surface area contributed by atoms with Gasteiger partial charge in [0.2, 0.25) is 5.91 Å². The number of carbonyl (C=O) groups is 1. The smallest absolute Gasteiger partial charge is 0.220 e. The van der Waals surface area contributed by atoms with E-state index in [0.29, 0.717) is 26.0 Å². The first-order valence-electron chi connectivity index (χ1n) is 8.17. The number of nitrogens with one attached hydrogen (secondary N) is 1. The summed E-state index contributed by atoms with van der Waals surface area (Å²) in [5.41, 5.74) is 8.01. The van der Waals surface area contributed by atoms with E-state index in [9.17, 15) is 4.79 Å². The van der Waals surface area contributed by atoms with E-state index in [4.69, 9.17) is 10.5 Å². The molecule has 124 valence electrons. The van der Waals surface area contributed by atoms with Crippen molar-refractivity contribution in [3.05, 3.63) is 29.3 Å². The summed E-state index contributed by atoms with van der Waals surface area (Å²) in [6.07, 6.45) is 2.87. The molecule has 0 saturated heterocycles. The van der Waals surface area contributed by atoms with Crippen molar-refractivity contribution >= 4 is 5.91 Å². The van der Waals surface area contributed by atoms with Crippen LogP contribution in [0, 0.1) is 13.8 Å². The molecule has 0 bridgehead atoms. The molecule has 4 nitrogen and oxygen atoms in total. The second kappa shape index (κ2) is 8.79. The largest absolute Gasteiger partial charge is 0.494 e. The Kier molecular flexibility index (Phi) is 7.39. The van der Waals surface area contributed by atoms with Crippen molar-refractivity contribution in [1.29, 1.82) is 0 Å². The van der Waals surface area contributed by atoms with Crippen LogP contribution in [0.1, 0.15) is 50.7 Å². The first kappa shape index (κ1) is 18.5. The van der Waals surface area contributed by atoms with Gasteiger partial charge >= 0.3 is 0 Å². The molecule has 0 heterocycles. The Labute approximate surface area is 134 Å². The number of ether oxygens (including phenoxy) is 1. The summed E-state index contributed by atoms with van der Waals surface area (Å²) < 4.78 is 5.70. The maximum absolute atomic E-state index is 12.0. The molecule has 1 rings (SSSR count). The van der Waals surface area contributed by atoms with E-state index >= 15 is 0 Å². The van der Waals surface area contributed by atoms with Gasteiger partial charge in [0.05, 0.1) is 12.1 Å². The molecule has 1 aromatic rings. The fourth-order valence-electron chi connectivity index (χ4n) is 2.35. The molecule has 3 N–H and O–H groups in total. The van der Waals surface area contributed by atoms with Crippen molar-refractivity contribution in [1.82, 2.24) is 5.32 Å². The number of aryl methyl sites for hydroxylation is 2. The van der Waals surface area contributed by atoms with Crippen LogP contribution in [-0.2, 0) is 4.79 Å². The van der Waals surface area contributed by atoms with Gasteiger partial charge in [-0.3, -0.25) is 4.79 Å². The topological polar surface area (TPSA) is 64.3 Å². The third-order valence-corrected chi connectivity index (χ3v) is 4.44. The first-order chi connectivity index (χ1) is 10.5. The van der Waals surface area contributed by atoms with Crippen molar-refractivity contribution in [3.63, 3.8) is 0 Å².